The van der Waals surface area contributed by atoms with Gasteiger partial charge in [0.15, 0.2) is 0 Å². The Balaban J connectivity index is 1.14. The van der Waals surface area contributed by atoms with Gasteiger partial charge in [-0.05, 0) is 91.7 Å². The zero-order valence-corrected chi connectivity index (χ0v) is 29.4. The van der Waals surface area contributed by atoms with Crippen LogP contribution in [0.2, 0.25) is 0 Å². The van der Waals surface area contributed by atoms with E-state index in [1.165, 1.54) is 49.4 Å². The van der Waals surface area contributed by atoms with E-state index in [2.05, 4.69) is 188 Å². The first-order chi connectivity index (χ1) is 26.2. The van der Waals surface area contributed by atoms with Gasteiger partial charge in [-0.3, -0.25) is 4.99 Å². The zero-order valence-electron chi connectivity index (χ0n) is 29.4. The molecule has 9 aromatic rings. The summed E-state index contributed by atoms with van der Waals surface area (Å²) in [5.74, 6) is 0. The molecule has 1 N–H and O–H groups in total. The highest BCUT2D eigenvalue weighted by Gasteiger charge is 2.24. The molecule has 0 saturated heterocycles. The van der Waals surface area contributed by atoms with E-state index >= 15 is 0 Å². The second-order valence-electron chi connectivity index (χ2n) is 14.0. The molecule has 53 heavy (non-hydrogen) atoms. The molecule has 0 fully saturated rings. The highest BCUT2D eigenvalue weighted by Crippen LogP contribution is 2.42. The first kappa shape index (κ1) is 31.1. The van der Waals surface area contributed by atoms with Crippen molar-refractivity contribution in [2.45, 2.75) is 19.5 Å². The smallest absolute Gasteiger partial charge is 0.145 e. The summed E-state index contributed by atoms with van der Waals surface area (Å²) < 4.78 is 6.51. The third-order valence-electron chi connectivity index (χ3n) is 10.7. The summed E-state index contributed by atoms with van der Waals surface area (Å²) in [5, 5.41) is 11.0. The highest BCUT2D eigenvalue weighted by atomic mass is 16.3. The van der Waals surface area contributed by atoms with Crippen molar-refractivity contribution in [3.63, 3.8) is 0 Å². The number of allylic oxidation sites excluding steroid dienone is 1. The van der Waals surface area contributed by atoms with E-state index in [9.17, 15) is 0 Å². The molecule has 2 heterocycles. The topological polar surface area (TPSA) is 37.5 Å². The van der Waals surface area contributed by atoms with Crippen LogP contribution in [-0.2, 0) is 0 Å². The van der Waals surface area contributed by atoms with Gasteiger partial charge in [0.1, 0.15) is 17.3 Å². The number of fused-ring (bicyclic) bond motifs is 5. The number of hydrogen-bond acceptors (Lipinski definition) is 3. The summed E-state index contributed by atoms with van der Waals surface area (Å²) in [4.78, 5) is 5.48. The lowest BCUT2D eigenvalue weighted by molar-refractivity contribution is 0.669. The Morgan fingerprint density at radius 3 is 2.04 bits per heavy atom. The van der Waals surface area contributed by atoms with Crippen molar-refractivity contribution in [2.75, 3.05) is 0 Å². The van der Waals surface area contributed by atoms with Crippen LogP contribution in [0.25, 0.3) is 71.4 Å². The normalized spacial score (nSPS) is 14.8. The molecule has 0 radical (unpaired) electrons. The van der Waals surface area contributed by atoms with Crippen LogP contribution in [-0.4, -0.2) is 5.71 Å². The maximum Gasteiger partial charge on any atom is 0.145 e. The number of rotatable bonds is 5. The second-order valence-corrected chi connectivity index (χ2v) is 14.0. The summed E-state index contributed by atoms with van der Waals surface area (Å²) in [7, 11) is 0. The maximum atomic E-state index is 6.51. The van der Waals surface area contributed by atoms with E-state index in [1.807, 2.05) is 0 Å². The molecule has 1 aromatic heterocycles. The standard InChI is InChI=1S/C50H36N2O/c1-32-29-45(34-14-4-2-5-15-34)51-50(52-49(32)35-16-6-3-7-17-35)43-27-26-41(39-19-10-11-20-40(39)43)42-21-12-22-47-48(42)44-31-38(25-28-46(44)53-47)37-24-23-33-13-8-9-18-36(33)30-37/h2-28,30-31,50,52H,29H2,1H3. The quantitative estimate of drug-likeness (QED) is 0.196. The summed E-state index contributed by atoms with van der Waals surface area (Å²) in [6, 6.07) is 62.7. The van der Waals surface area contributed by atoms with Crippen LogP contribution in [0.1, 0.15) is 36.2 Å². The largest absolute Gasteiger partial charge is 0.456 e. The number of furan rings is 1. The third-order valence-corrected chi connectivity index (χ3v) is 10.7. The molecule has 10 rings (SSSR count). The van der Waals surface area contributed by atoms with E-state index in [-0.39, 0.29) is 6.17 Å². The van der Waals surface area contributed by atoms with Crippen molar-refractivity contribution in [2.24, 2.45) is 4.99 Å². The monoisotopic (exact) mass is 680 g/mol. The van der Waals surface area contributed by atoms with Gasteiger partial charge in [0, 0.05) is 34.2 Å². The van der Waals surface area contributed by atoms with Crippen LogP contribution < -0.4 is 5.32 Å². The van der Waals surface area contributed by atoms with E-state index in [1.54, 1.807) is 0 Å². The number of nitrogens with zero attached hydrogens (tertiary/aromatic N) is 1. The summed E-state index contributed by atoms with van der Waals surface area (Å²) in [5.41, 5.74) is 13.4. The summed E-state index contributed by atoms with van der Waals surface area (Å²) in [6.45, 7) is 2.22. The van der Waals surface area contributed by atoms with Gasteiger partial charge >= 0.3 is 0 Å². The Labute approximate surface area is 308 Å². The average molecular weight is 681 g/mol. The predicted molar refractivity (Wildman–Crippen MR) is 222 cm³/mol. The summed E-state index contributed by atoms with van der Waals surface area (Å²) in [6.07, 6.45) is 0.483. The van der Waals surface area contributed by atoms with E-state index in [0.717, 1.165) is 56.5 Å². The minimum Gasteiger partial charge on any atom is -0.456 e. The van der Waals surface area contributed by atoms with E-state index in [4.69, 9.17) is 9.41 Å². The van der Waals surface area contributed by atoms with Crippen molar-refractivity contribution in [1.82, 2.24) is 5.32 Å². The van der Waals surface area contributed by atoms with Crippen molar-refractivity contribution in [3.8, 4) is 22.3 Å². The lowest BCUT2D eigenvalue weighted by Crippen LogP contribution is -2.19. The molecule has 3 heteroatoms. The van der Waals surface area contributed by atoms with Gasteiger partial charge in [-0.15, -0.1) is 0 Å². The van der Waals surface area contributed by atoms with Crippen LogP contribution in [0.15, 0.2) is 191 Å². The van der Waals surface area contributed by atoms with Crippen LogP contribution >= 0.6 is 0 Å². The lowest BCUT2D eigenvalue weighted by Gasteiger charge is -2.22. The number of benzene rings is 8. The number of nitrogens with one attached hydrogen (secondary N) is 1. The van der Waals surface area contributed by atoms with Crippen LogP contribution in [0, 0.1) is 0 Å². The minimum atomic E-state index is -0.285. The molecule has 1 aliphatic heterocycles. The van der Waals surface area contributed by atoms with Gasteiger partial charge in [-0.1, -0.05) is 152 Å². The first-order valence-electron chi connectivity index (χ1n) is 18.3. The summed E-state index contributed by atoms with van der Waals surface area (Å²) >= 11 is 0. The van der Waals surface area contributed by atoms with Crippen molar-refractivity contribution in [3.05, 3.63) is 198 Å². The Hall–Kier alpha value is -6.71. The highest BCUT2D eigenvalue weighted by molar-refractivity contribution is 6.16. The molecule has 8 aromatic carbocycles. The lowest BCUT2D eigenvalue weighted by atomic mass is 9.91. The Morgan fingerprint density at radius 1 is 0.509 bits per heavy atom. The molecule has 1 atom stereocenters. The molecule has 0 amide bonds. The van der Waals surface area contributed by atoms with Crippen LogP contribution in [0.3, 0.4) is 0 Å². The predicted octanol–water partition coefficient (Wildman–Crippen LogP) is 13.1. The third kappa shape index (κ3) is 5.49. The molecule has 0 bridgehead atoms. The van der Waals surface area contributed by atoms with Gasteiger partial charge in [0.25, 0.3) is 0 Å². The second kappa shape index (κ2) is 12.8. The average Bonchev–Trinajstić information content (AvgIpc) is 3.51. The molecule has 0 saturated carbocycles. The van der Waals surface area contributed by atoms with Crippen LogP contribution in [0.4, 0.5) is 0 Å². The van der Waals surface area contributed by atoms with Gasteiger partial charge in [0.2, 0.25) is 0 Å². The Morgan fingerprint density at radius 2 is 1.21 bits per heavy atom. The molecule has 3 nitrogen and oxygen atoms in total. The molecule has 0 aliphatic carbocycles. The molecular formula is C50H36N2O. The van der Waals surface area contributed by atoms with Gasteiger partial charge in [-0.25, -0.2) is 0 Å². The molecule has 1 aliphatic rings. The van der Waals surface area contributed by atoms with Crippen molar-refractivity contribution in [1.29, 1.82) is 0 Å². The van der Waals surface area contributed by atoms with Gasteiger partial charge in [-0.2, -0.15) is 0 Å². The molecule has 252 valence electrons. The first-order valence-corrected chi connectivity index (χ1v) is 18.3. The van der Waals surface area contributed by atoms with Gasteiger partial charge < -0.3 is 9.73 Å². The molecule has 1 unspecified atom stereocenters. The Bertz CT molecular complexity index is 2900. The number of hydrogen-bond donors (Lipinski definition) is 1. The minimum absolute atomic E-state index is 0.285. The van der Waals surface area contributed by atoms with Crippen molar-refractivity contribution >= 4 is 54.9 Å². The fourth-order valence-electron chi connectivity index (χ4n) is 8.12. The van der Waals surface area contributed by atoms with Crippen molar-refractivity contribution < 1.29 is 4.42 Å². The maximum absolute atomic E-state index is 6.51. The van der Waals surface area contributed by atoms with Crippen LogP contribution in [0.5, 0.6) is 0 Å². The molecule has 0 spiro atoms. The van der Waals surface area contributed by atoms with Gasteiger partial charge in [0.05, 0.1) is 0 Å². The Kier molecular flexibility index (Phi) is 7.51. The number of aliphatic imine (C=N–C) groups is 1. The fraction of sp³-hybridized carbons (Fsp3) is 0.0600. The molecular weight excluding hydrogens is 645 g/mol. The van der Waals surface area contributed by atoms with E-state index < -0.39 is 0 Å². The SMILES string of the molecule is CC1=C(c2ccccc2)NC(c2ccc(-c3cccc4oc5ccc(-c6ccc7ccccc7c6)cc5c34)c3ccccc23)N=C(c2ccccc2)C1. The zero-order chi connectivity index (χ0) is 35.3. The van der Waals surface area contributed by atoms with E-state index in [0.29, 0.717) is 0 Å². The fourth-order valence-corrected chi connectivity index (χ4v) is 8.12.